The third-order valence-electron chi connectivity index (χ3n) is 3.79. The Morgan fingerprint density at radius 1 is 1.57 bits per heavy atom. The van der Waals surface area contributed by atoms with Crippen LogP contribution < -0.4 is 5.32 Å². The zero-order chi connectivity index (χ0) is 15.1. The molecule has 0 bridgehead atoms. The van der Waals surface area contributed by atoms with Crippen molar-refractivity contribution in [1.82, 2.24) is 15.2 Å². The number of nitrogens with one attached hydrogen (secondary N) is 2. The van der Waals surface area contributed by atoms with E-state index in [2.05, 4.69) is 10.3 Å². The second-order valence-corrected chi connectivity index (χ2v) is 5.36. The summed E-state index contributed by atoms with van der Waals surface area (Å²) in [6.07, 6.45) is 1.35. The number of aromatic amines is 1. The first-order valence-corrected chi connectivity index (χ1v) is 6.87. The summed E-state index contributed by atoms with van der Waals surface area (Å²) in [7, 11) is 1.50. The molecule has 0 unspecified atom stereocenters. The maximum atomic E-state index is 14.2. The van der Waals surface area contributed by atoms with Crippen LogP contribution in [0.1, 0.15) is 21.6 Å². The Bertz CT molecular complexity index is 756. The van der Waals surface area contributed by atoms with Crippen molar-refractivity contribution in [3.63, 3.8) is 0 Å². The van der Waals surface area contributed by atoms with Crippen molar-refractivity contribution in [2.45, 2.75) is 13.0 Å². The first-order chi connectivity index (χ1) is 10.1. The van der Waals surface area contributed by atoms with Gasteiger partial charge in [-0.3, -0.25) is 9.59 Å². The predicted octanol–water partition coefficient (Wildman–Crippen LogP) is 1.83. The number of fused-ring (bicyclic) bond motifs is 3. The van der Waals surface area contributed by atoms with Crippen LogP contribution in [0.3, 0.4) is 0 Å². The molecule has 1 aliphatic rings. The number of H-pyrrole nitrogens is 1. The van der Waals surface area contributed by atoms with Crippen LogP contribution in [-0.2, 0) is 17.8 Å². The molecule has 0 atom stereocenters. The molecule has 0 saturated heterocycles. The maximum Gasteiger partial charge on any atom is 0.251 e. The molecule has 2 aromatic rings. The van der Waals surface area contributed by atoms with Gasteiger partial charge in [-0.2, -0.15) is 0 Å². The quantitative estimate of drug-likeness (QED) is 0.831. The van der Waals surface area contributed by atoms with Gasteiger partial charge in [0.15, 0.2) is 5.82 Å². The minimum atomic E-state index is -0.577. The number of hydrogen-bond acceptors (Lipinski definition) is 2. The SMILES string of the molecule is CNC(=O)c1cc(Cl)c(F)c2[nH]c3c(c12)CN(C=O)CC3. The van der Waals surface area contributed by atoms with Crippen molar-refractivity contribution in [3.05, 3.63) is 33.7 Å². The van der Waals surface area contributed by atoms with E-state index in [9.17, 15) is 14.0 Å². The lowest BCUT2D eigenvalue weighted by Crippen LogP contribution is -2.29. The third-order valence-corrected chi connectivity index (χ3v) is 4.07. The summed E-state index contributed by atoms with van der Waals surface area (Å²) in [5.41, 5.74) is 2.15. The molecule has 5 nitrogen and oxygen atoms in total. The average Bonchev–Trinajstić information content (AvgIpc) is 2.88. The zero-order valence-corrected chi connectivity index (χ0v) is 12.1. The molecule has 2 N–H and O–H groups in total. The van der Waals surface area contributed by atoms with Crippen LogP contribution in [0.4, 0.5) is 4.39 Å². The summed E-state index contributed by atoms with van der Waals surface area (Å²) in [5.74, 6) is -0.918. The molecule has 1 aliphatic heterocycles. The van der Waals surface area contributed by atoms with Gasteiger partial charge in [-0.05, 0) is 6.07 Å². The summed E-state index contributed by atoms with van der Waals surface area (Å²) in [6, 6.07) is 1.33. The van der Waals surface area contributed by atoms with Crippen molar-refractivity contribution in [1.29, 1.82) is 0 Å². The Labute approximate surface area is 125 Å². The molecule has 2 heterocycles. The fourth-order valence-electron chi connectivity index (χ4n) is 2.76. The molecule has 1 aromatic heterocycles. The Morgan fingerprint density at radius 3 is 3.00 bits per heavy atom. The molecule has 7 heteroatoms. The Balaban J connectivity index is 2.32. The smallest absolute Gasteiger partial charge is 0.251 e. The fourth-order valence-corrected chi connectivity index (χ4v) is 2.97. The van der Waals surface area contributed by atoms with Crippen molar-refractivity contribution in [2.24, 2.45) is 0 Å². The number of nitrogens with zero attached hydrogens (tertiary/aromatic N) is 1. The van der Waals surface area contributed by atoms with Crippen LogP contribution in [0.2, 0.25) is 5.02 Å². The van der Waals surface area contributed by atoms with E-state index in [1.54, 1.807) is 4.90 Å². The predicted molar refractivity (Wildman–Crippen MR) is 76.8 cm³/mol. The first-order valence-electron chi connectivity index (χ1n) is 6.49. The lowest BCUT2D eigenvalue weighted by atomic mass is 10.0. The molecule has 2 amide bonds. The number of rotatable bonds is 2. The summed E-state index contributed by atoms with van der Waals surface area (Å²) < 4.78 is 14.2. The summed E-state index contributed by atoms with van der Waals surface area (Å²) >= 11 is 5.87. The van der Waals surface area contributed by atoms with E-state index >= 15 is 0 Å². The highest BCUT2D eigenvalue weighted by atomic mass is 35.5. The van der Waals surface area contributed by atoms with E-state index in [-0.39, 0.29) is 16.4 Å². The molecular weight excluding hydrogens is 297 g/mol. The van der Waals surface area contributed by atoms with Crippen molar-refractivity contribution >= 4 is 34.8 Å². The van der Waals surface area contributed by atoms with Gasteiger partial charge in [-0.15, -0.1) is 0 Å². The van der Waals surface area contributed by atoms with Crippen LogP contribution in [0, 0.1) is 5.82 Å². The Kier molecular flexibility index (Phi) is 3.33. The minimum absolute atomic E-state index is 0.105. The van der Waals surface area contributed by atoms with E-state index in [1.165, 1.54) is 13.1 Å². The topological polar surface area (TPSA) is 65.2 Å². The van der Waals surface area contributed by atoms with Crippen molar-refractivity contribution in [2.75, 3.05) is 13.6 Å². The fraction of sp³-hybridized carbons (Fsp3) is 0.286. The summed E-state index contributed by atoms with van der Waals surface area (Å²) in [4.78, 5) is 27.6. The molecule has 0 aliphatic carbocycles. The molecule has 3 rings (SSSR count). The highest BCUT2D eigenvalue weighted by Gasteiger charge is 2.26. The monoisotopic (exact) mass is 309 g/mol. The lowest BCUT2D eigenvalue weighted by molar-refractivity contribution is -0.118. The van der Waals surface area contributed by atoms with Crippen molar-refractivity contribution < 1.29 is 14.0 Å². The van der Waals surface area contributed by atoms with Crippen LogP contribution in [0.5, 0.6) is 0 Å². The van der Waals surface area contributed by atoms with E-state index < -0.39 is 5.82 Å². The van der Waals surface area contributed by atoms with Gasteiger partial charge in [-0.25, -0.2) is 4.39 Å². The molecule has 1 aromatic carbocycles. The zero-order valence-electron chi connectivity index (χ0n) is 11.3. The summed E-state index contributed by atoms with van der Waals surface area (Å²) in [5, 5.41) is 2.92. The van der Waals surface area contributed by atoms with Gasteiger partial charge in [0.2, 0.25) is 6.41 Å². The van der Waals surface area contributed by atoms with Gasteiger partial charge in [0.1, 0.15) is 0 Å². The lowest BCUT2D eigenvalue weighted by Gasteiger charge is -2.23. The highest BCUT2D eigenvalue weighted by Crippen LogP contribution is 2.34. The van der Waals surface area contributed by atoms with Crippen LogP contribution >= 0.6 is 11.6 Å². The van der Waals surface area contributed by atoms with E-state index in [1.807, 2.05) is 0 Å². The largest absolute Gasteiger partial charge is 0.356 e. The van der Waals surface area contributed by atoms with Crippen LogP contribution in [0.15, 0.2) is 6.07 Å². The number of aromatic nitrogens is 1. The van der Waals surface area contributed by atoms with E-state index in [4.69, 9.17) is 11.6 Å². The Hall–Kier alpha value is -2.08. The van der Waals surface area contributed by atoms with Crippen molar-refractivity contribution in [3.8, 4) is 0 Å². The third kappa shape index (κ3) is 2.06. The van der Waals surface area contributed by atoms with E-state index in [0.717, 1.165) is 17.7 Å². The number of carbonyl (C=O) groups excluding carboxylic acids is 2. The van der Waals surface area contributed by atoms with E-state index in [0.29, 0.717) is 30.5 Å². The number of benzene rings is 1. The summed E-state index contributed by atoms with van der Waals surface area (Å²) in [6.45, 7) is 0.915. The Morgan fingerprint density at radius 2 is 2.33 bits per heavy atom. The molecular formula is C14H13ClFN3O2. The average molecular weight is 310 g/mol. The van der Waals surface area contributed by atoms with Gasteiger partial charge in [-0.1, -0.05) is 11.6 Å². The second-order valence-electron chi connectivity index (χ2n) is 4.96. The van der Waals surface area contributed by atoms with Crippen LogP contribution in [-0.4, -0.2) is 35.8 Å². The number of amides is 2. The van der Waals surface area contributed by atoms with Gasteiger partial charge in [0.25, 0.3) is 5.91 Å². The standard InChI is InChI=1S/C14H13ClFN3O2/c1-17-14(21)7-4-9(15)12(16)13-11(7)8-5-19(6-20)3-2-10(8)18-13/h4,6,18H,2-3,5H2,1H3,(H,17,21). The van der Waals surface area contributed by atoms with Crippen LogP contribution in [0.25, 0.3) is 10.9 Å². The van der Waals surface area contributed by atoms with Gasteiger partial charge in [0, 0.05) is 43.2 Å². The first kappa shape index (κ1) is 13.9. The highest BCUT2D eigenvalue weighted by molar-refractivity contribution is 6.32. The molecule has 0 saturated carbocycles. The molecule has 0 spiro atoms. The second kappa shape index (κ2) is 5.04. The number of carbonyl (C=O) groups is 2. The van der Waals surface area contributed by atoms with Gasteiger partial charge in [0.05, 0.1) is 16.1 Å². The minimum Gasteiger partial charge on any atom is -0.356 e. The molecule has 0 radical (unpaired) electrons. The number of hydrogen-bond donors (Lipinski definition) is 2. The van der Waals surface area contributed by atoms with Gasteiger partial charge >= 0.3 is 0 Å². The maximum absolute atomic E-state index is 14.2. The number of halogens is 2. The molecule has 110 valence electrons. The van der Waals surface area contributed by atoms with Gasteiger partial charge < -0.3 is 15.2 Å². The normalized spacial score (nSPS) is 14.1. The molecule has 21 heavy (non-hydrogen) atoms. The molecule has 0 fully saturated rings.